The second-order valence-corrected chi connectivity index (χ2v) is 6.21. The summed E-state index contributed by atoms with van der Waals surface area (Å²) in [6.45, 7) is 2.34. The maximum absolute atomic E-state index is 13.2. The van der Waals surface area contributed by atoms with Crippen LogP contribution in [-0.2, 0) is 17.9 Å². The van der Waals surface area contributed by atoms with E-state index in [0.29, 0.717) is 24.8 Å². The van der Waals surface area contributed by atoms with Crippen LogP contribution in [0.4, 0.5) is 4.39 Å². The van der Waals surface area contributed by atoms with E-state index in [0.717, 1.165) is 11.1 Å². The van der Waals surface area contributed by atoms with E-state index in [-0.39, 0.29) is 5.91 Å². The molecule has 3 aromatic rings. The van der Waals surface area contributed by atoms with Crippen LogP contribution < -0.4 is 14.8 Å². The molecule has 1 amide bonds. The van der Waals surface area contributed by atoms with Gasteiger partial charge < -0.3 is 14.8 Å². The number of aromatic nitrogens is 1. The van der Waals surface area contributed by atoms with Gasteiger partial charge in [0.15, 0.2) is 6.10 Å². The molecule has 144 valence electrons. The van der Waals surface area contributed by atoms with Crippen molar-refractivity contribution in [2.45, 2.75) is 26.2 Å². The van der Waals surface area contributed by atoms with Gasteiger partial charge in [0.1, 0.15) is 18.2 Å². The summed E-state index contributed by atoms with van der Waals surface area (Å²) in [5.41, 5.74) is 1.90. The molecule has 28 heavy (non-hydrogen) atoms. The molecule has 0 bridgehead atoms. The van der Waals surface area contributed by atoms with Crippen LogP contribution in [0.15, 0.2) is 72.9 Å². The minimum absolute atomic E-state index is 0.298. The van der Waals surface area contributed by atoms with Crippen molar-refractivity contribution < 1.29 is 18.7 Å². The Labute approximate surface area is 163 Å². The number of nitrogens with zero attached hydrogens (tertiary/aromatic N) is 1. The Balaban J connectivity index is 1.50. The molecular weight excluding hydrogens is 359 g/mol. The summed E-state index contributed by atoms with van der Waals surface area (Å²) in [5, 5.41) is 2.79. The first kappa shape index (κ1) is 19.4. The lowest BCUT2D eigenvalue weighted by molar-refractivity contribution is -0.127. The van der Waals surface area contributed by atoms with Crippen LogP contribution in [0.5, 0.6) is 11.6 Å². The Morgan fingerprint density at radius 2 is 1.89 bits per heavy atom. The second-order valence-electron chi connectivity index (χ2n) is 6.21. The summed E-state index contributed by atoms with van der Waals surface area (Å²) in [4.78, 5) is 16.4. The number of benzene rings is 2. The number of amides is 1. The summed E-state index contributed by atoms with van der Waals surface area (Å²) in [6.07, 6.45) is 0.881. The average molecular weight is 380 g/mol. The summed E-state index contributed by atoms with van der Waals surface area (Å²) >= 11 is 0. The Hall–Kier alpha value is -3.41. The number of hydrogen-bond acceptors (Lipinski definition) is 4. The number of ether oxygens (including phenoxy) is 2. The number of carbonyl (C=O) groups is 1. The number of rotatable bonds is 8. The molecule has 0 radical (unpaired) electrons. The van der Waals surface area contributed by atoms with E-state index in [2.05, 4.69) is 10.3 Å². The Morgan fingerprint density at radius 3 is 2.68 bits per heavy atom. The van der Waals surface area contributed by atoms with Gasteiger partial charge in [0.25, 0.3) is 5.91 Å². The molecule has 5 nitrogen and oxygen atoms in total. The fraction of sp³-hybridized carbons (Fsp3) is 0.182. The first-order valence-corrected chi connectivity index (χ1v) is 8.92. The van der Waals surface area contributed by atoms with Crippen molar-refractivity contribution in [1.82, 2.24) is 10.3 Å². The molecular formula is C22H21FN2O3. The normalized spacial score (nSPS) is 11.5. The van der Waals surface area contributed by atoms with Crippen LogP contribution >= 0.6 is 0 Å². The van der Waals surface area contributed by atoms with Gasteiger partial charge in [0.2, 0.25) is 5.88 Å². The molecule has 0 fully saturated rings. The van der Waals surface area contributed by atoms with Crippen molar-refractivity contribution in [3.63, 3.8) is 0 Å². The molecule has 3 rings (SSSR count). The summed E-state index contributed by atoms with van der Waals surface area (Å²) in [5.74, 6) is 0.0839. The lowest BCUT2D eigenvalue weighted by Crippen LogP contribution is -2.35. The maximum Gasteiger partial charge on any atom is 0.261 e. The molecule has 1 N–H and O–H groups in total. The van der Waals surface area contributed by atoms with E-state index in [9.17, 15) is 9.18 Å². The fourth-order valence-corrected chi connectivity index (χ4v) is 2.50. The summed E-state index contributed by atoms with van der Waals surface area (Å²) in [6, 6.07) is 19.1. The smallest absolute Gasteiger partial charge is 0.261 e. The van der Waals surface area contributed by atoms with E-state index in [1.165, 1.54) is 18.2 Å². The minimum atomic E-state index is -0.752. The molecule has 0 aliphatic carbocycles. The van der Waals surface area contributed by atoms with Crippen molar-refractivity contribution >= 4 is 5.91 Å². The van der Waals surface area contributed by atoms with Crippen molar-refractivity contribution in [3.05, 3.63) is 89.9 Å². The van der Waals surface area contributed by atoms with Gasteiger partial charge in [-0.1, -0.05) is 36.4 Å². The predicted octanol–water partition coefficient (Wildman–Crippen LogP) is 3.88. The van der Waals surface area contributed by atoms with Crippen molar-refractivity contribution in [1.29, 1.82) is 0 Å². The number of nitrogens with one attached hydrogen (secondary N) is 1. The van der Waals surface area contributed by atoms with Gasteiger partial charge in [-0.3, -0.25) is 4.79 Å². The van der Waals surface area contributed by atoms with E-state index >= 15 is 0 Å². The van der Waals surface area contributed by atoms with E-state index in [1.807, 2.05) is 30.3 Å². The van der Waals surface area contributed by atoms with E-state index < -0.39 is 11.9 Å². The Bertz CT molecular complexity index is 918. The average Bonchev–Trinajstić information content (AvgIpc) is 2.71. The van der Waals surface area contributed by atoms with E-state index in [1.54, 1.807) is 31.3 Å². The number of hydrogen-bond donors (Lipinski definition) is 1. The molecule has 0 aliphatic heterocycles. The third-order valence-corrected chi connectivity index (χ3v) is 3.97. The molecule has 0 aliphatic rings. The topological polar surface area (TPSA) is 60.5 Å². The third-order valence-electron chi connectivity index (χ3n) is 3.97. The fourth-order valence-electron chi connectivity index (χ4n) is 2.50. The highest BCUT2D eigenvalue weighted by atomic mass is 19.1. The SMILES string of the molecule is CC(Oc1cccc(F)c1)C(=O)NCc1ccnc(OCc2ccccc2)c1. The highest BCUT2D eigenvalue weighted by Gasteiger charge is 2.14. The van der Waals surface area contributed by atoms with Crippen LogP contribution in [0.25, 0.3) is 0 Å². The van der Waals surface area contributed by atoms with Gasteiger partial charge in [-0.25, -0.2) is 9.37 Å². The van der Waals surface area contributed by atoms with Crippen LogP contribution in [0.3, 0.4) is 0 Å². The molecule has 0 spiro atoms. The molecule has 1 heterocycles. The van der Waals surface area contributed by atoms with Gasteiger partial charge in [-0.15, -0.1) is 0 Å². The monoisotopic (exact) mass is 380 g/mol. The molecule has 1 atom stereocenters. The lowest BCUT2D eigenvalue weighted by Gasteiger charge is -2.15. The standard InChI is InChI=1S/C22H21FN2O3/c1-16(28-20-9-5-8-19(23)13-20)22(26)25-14-18-10-11-24-21(12-18)27-15-17-6-3-2-4-7-17/h2-13,16H,14-15H2,1H3,(H,25,26). The minimum Gasteiger partial charge on any atom is -0.481 e. The molecule has 2 aromatic carbocycles. The molecule has 0 saturated heterocycles. The zero-order valence-electron chi connectivity index (χ0n) is 15.5. The number of halogens is 1. The van der Waals surface area contributed by atoms with Crippen LogP contribution in [-0.4, -0.2) is 17.0 Å². The van der Waals surface area contributed by atoms with Crippen molar-refractivity contribution in [2.75, 3.05) is 0 Å². The van der Waals surface area contributed by atoms with E-state index in [4.69, 9.17) is 9.47 Å². The summed E-state index contributed by atoms with van der Waals surface area (Å²) < 4.78 is 24.4. The summed E-state index contributed by atoms with van der Waals surface area (Å²) in [7, 11) is 0. The third kappa shape index (κ3) is 5.81. The van der Waals surface area contributed by atoms with Crippen molar-refractivity contribution in [2.24, 2.45) is 0 Å². The molecule has 6 heteroatoms. The zero-order chi connectivity index (χ0) is 19.8. The van der Waals surface area contributed by atoms with Crippen LogP contribution in [0.1, 0.15) is 18.1 Å². The van der Waals surface area contributed by atoms with Crippen LogP contribution in [0.2, 0.25) is 0 Å². The molecule has 0 saturated carbocycles. The Kier molecular flexibility index (Phi) is 6.57. The number of pyridine rings is 1. The Morgan fingerprint density at radius 1 is 1.07 bits per heavy atom. The quantitative estimate of drug-likeness (QED) is 0.644. The van der Waals surface area contributed by atoms with Crippen molar-refractivity contribution in [3.8, 4) is 11.6 Å². The van der Waals surface area contributed by atoms with Gasteiger partial charge in [0.05, 0.1) is 0 Å². The largest absolute Gasteiger partial charge is 0.481 e. The zero-order valence-corrected chi connectivity index (χ0v) is 15.5. The highest BCUT2D eigenvalue weighted by Crippen LogP contribution is 2.14. The van der Waals surface area contributed by atoms with Crippen LogP contribution in [0, 0.1) is 5.82 Å². The molecule has 1 aromatic heterocycles. The second kappa shape index (κ2) is 9.50. The van der Waals surface area contributed by atoms with Gasteiger partial charge in [-0.2, -0.15) is 0 Å². The first-order valence-electron chi connectivity index (χ1n) is 8.92. The highest BCUT2D eigenvalue weighted by molar-refractivity contribution is 5.80. The van der Waals surface area contributed by atoms with Gasteiger partial charge >= 0.3 is 0 Å². The first-order chi connectivity index (χ1) is 13.6. The maximum atomic E-state index is 13.2. The van der Waals surface area contributed by atoms with Gasteiger partial charge in [0, 0.05) is 24.9 Å². The number of carbonyl (C=O) groups excluding carboxylic acids is 1. The lowest BCUT2D eigenvalue weighted by atomic mass is 10.2. The van der Waals surface area contributed by atoms with Gasteiger partial charge in [-0.05, 0) is 36.2 Å². The molecule has 1 unspecified atom stereocenters. The predicted molar refractivity (Wildman–Crippen MR) is 103 cm³/mol.